The minimum absolute atomic E-state index is 0.0275. The number of rotatable bonds is 5. The Kier molecular flexibility index (Phi) is 5.91. The van der Waals surface area contributed by atoms with Crippen LogP contribution in [0.15, 0.2) is 47.8 Å². The Morgan fingerprint density at radius 1 is 1.07 bits per heavy atom. The molecule has 0 N–H and O–H groups in total. The lowest BCUT2D eigenvalue weighted by Crippen LogP contribution is -2.53. The summed E-state index contributed by atoms with van der Waals surface area (Å²) in [6.45, 7) is 7.71. The average Bonchev–Trinajstić information content (AvgIpc) is 3.40. The third-order valence-corrected chi connectivity index (χ3v) is 6.93. The van der Waals surface area contributed by atoms with E-state index in [4.69, 9.17) is 0 Å². The van der Waals surface area contributed by atoms with Crippen LogP contribution in [0.3, 0.4) is 0 Å². The molecule has 3 heterocycles. The van der Waals surface area contributed by atoms with Crippen molar-refractivity contribution in [3.63, 3.8) is 0 Å². The minimum atomic E-state index is -0.0275. The highest BCUT2D eigenvalue weighted by atomic mass is 32.1. The van der Waals surface area contributed by atoms with Gasteiger partial charge in [-0.05, 0) is 43.3 Å². The monoisotopic (exact) mass is 383 g/mol. The molecule has 0 saturated carbocycles. The maximum absolute atomic E-state index is 13.1. The van der Waals surface area contributed by atoms with Gasteiger partial charge in [-0.2, -0.15) is 0 Å². The Balaban J connectivity index is 1.32. The molecule has 144 valence electrons. The third kappa shape index (κ3) is 4.26. The quantitative estimate of drug-likeness (QED) is 0.789. The highest BCUT2D eigenvalue weighted by molar-refractivity contribution is 7.10. The summed E-state index contributed by atoms with van der Waals surface area (Å²) >= 11 is 1.82. The molecule has 2 atom stereocenters. The van der Waals surface area contributed by atoms with Crippen LogP contribution in [-0.2, 0) is 11.3 Å². The van der Waals surface area contributed by atoms with Crippen LogP contribution in [0.4, 0.5) is 0 Å². The molecule has 27 heavy (non-hydrogen) atoms. The van der Waals surface area contributed by atoms with Crippen LogP contribution < -0.4 is 0 Å². The summed E-state index contributed by atoms with van der Waals surface area (Å²) in [5.41, 5.74) is 1.35. The van der Waals surface area contributed by atoms with Gasteiger partial charge in [0, 0.05) is 43.6 Å². The normalized spacial score (nSPS) is 22.9. The van der Waals surface area contributed by atoms with E-state index in [0.29, 0.717) is 11.9 Å². The second kappa shape index (κ2) is 8.55. The van der Waals surface area contributed by atoms with Gasteiger partial charge in [-0.15, -0.1) is 11.3 Å². The Bertz CT molecular complexity index is 725. The first-order valence-corrected chi connectivity index (χ1v) is 10.9. The van der Waals surface area contributed by atoms with Gasteiger partial charge in [-0.3, -0.25) is 14.6 Å². The molecule has 1 aromatic carbocycles. The Hall–Kier alpha value is -1.69. The fourth-order valence-corrected chi connectivity index (χ4v) is 5.29. The molecule has 2 aliphatic heterocycles. The number of piperazine rings is 1. The number of thiophene rings is 1. The molecule has 0 spiro atoms. The van der Waals surface area contributed by atoms with Crippen LogP contribution in [0.1, 0.15) is 36.2 Å². The van der Waals surface area contributed by atoms with E-state index in [9.17, 15) is 4.79 Å². The van der Waals surface area contributed by atoms with Crippen LogP contribution in [0, 0.1) is 0 Å². The van der Waals surface area contributed by atoms with Crippen molar-refractivity contribution in [3.8, 4) is 0 Å². The molecular weight excluding hydrogens is 354 g/mol. The van der Waals surface area contributed by atoms with Crippen LogP contribution in [0.2, 0.25) is 0 Å². The van der Waals surface area contributed by atoms with Crippen molar-refractivity contribution < 1.29 is 4.79 Å². The lowest BCUT2D eigenvalue weighted by Gasteiger charge is -2.38. The number of amides is 1. The van der Waals surface area contributed by atoms with Crippen molar-refractivity contribution >= 4 is 17.2 Å². The number of carbonyl (C=O) groups excluding carboxylic acids is 1. The van der Waals surface area contributed by atoms with E-state index in [0.717, 1.165) is 39.3 Å². The SMILES string of the molecule is CC(C(=O)N1CCN(Cc2ccccc2)CC1)N1CCCC1c1cccs1. The average molecular weight is 384 g/mol. The summed E-state index contributed by atoms with van der Waals surface area (Å²) < 4.78 is 0. The summed E-state index contributed by atoms with van der Waals surface area (Å²) in [5.74, 6) is 0.304. The first kappa shape index (κ1) is 18.7. The van der Waals surface area contributed by atoms with Gasteiger partial charge >= 0.3 is 0 Å². The number of likely N-dealkylation sites (tertiary alicyclic amines) is 1. The number of benzene rings is 1. The predicted octanol–water partition coefficient (Wildman–Crippen LogP) is 3.62. The molecule has 1 aromatic heterocycles. The van der Waals surface area contributed by atoms with E-state index in [1.165, 1.54) is 23.3 Å². The molecule has 5 heteroatoms. The maximum atomic E-state index is 13.1. The van der Waals surface area contributed by atoms with E-state index < -0.39 is 0 Å². The van der Waals surface area contributed by atoms with Gasteiger partial charge in [0.15, 0.2) is 0 Å². The van der Waals surface area contributed by atoms with E-state index in [1.54, 1.807) is 0 Å². The number of hydrogen-bond acceptors (Lipinski definition) is 4. The third-order valence-electron chi connectivity index (χ3n) is 5.95. The Labute approximate surface area is 166 Å². The molecular formula is C22H29N3OS. The van der Waals surface area contributed by atoms with Gasteiger partial charge in [0.2, 0.25) is 5.91 Å². The zero-order valence-electron chi connectivity index (χ0n) is 16.1. The van der Waals surface area contributed by atoms with E-state index in [1.807, 2.05) is 11.3 Å². The molecule has 1 amide bonds. The van der Waals surface area contributed by atoms with Crippen LogP contribution in [0.5, 0.6) is 0 Å². The van der Waals surface area contributed by atoms with Gasteiger partial charge in [0.25, 0.3) is 0 Å². The smallest absolute Gasteiger partial charge is 0.239 e. The molecule has 2 fully saturated rings. The van der Waals surface area contributed by atoms with Crippen molar-refractivity contribution in [1.29, 1.82) is 0 Å². The number of nitrogens with zero attached hydrogens (tertiary/aromatic N) is 3. The lowest BCUT2D eigenvalue weighted by molar-refractivity contribution is -0.138. The van der Waals surface area contributed by atoms with Gasteiger partial charge in [-0.25, -0.2) is 0 Å². The van der Waals surface area contributed by atoms with E-state index >= 15 is 0 Å². The summed E-state index contributed by atoms with van der Waals surface area (Å²) in [4.78, 5) is 21.5. The molecule has 0 bridgehead atoms. The van der Waals surface area contributed by atoms with Crippen molar-refractivity contribution in [3.05, 3.63) is 58.3 Å². The lowest BCUT2D eigenvalue weighted by atomic mass is 10.1. The van der Waals surface area contributed by atoms with E-state index in [2.05, 4.69) is 69.5 Å². The molecule has 2 aliphatic rings. The fourth-order valence-electron chi connectivity index (χ4n) is 4.41. The van der Waals surface area contributed by atoms with Crippen molar-refractivity contribution in [2.45, 2.75) is 38.4 Å². The maximum Gasteiger partial charge on any atom is 0.239 e. The van der Waals surface area contributed by atoms with Crippen LogP contribution in [0.25, 0.3) is 0 Å². The zero-order chi connectivity index (χ0) is 18.6. The Morgan fingerprint density at radius 3 is 2.56 bits per heavy atom. The Morgan fingerprint density at radius 2 is 1.85 bits per heavy atom. The number of carbonyl (C=O) groups is 1. The highest BCUT2D eigenvalue weighted by Crippen LogP contribution is 2.36. The molecule has 2 saturated heterocycles. The topological polar surface area (TPSA) is 26.8 Å². The standard InChI is InChI=1S/C22H29N3OS/c1-18(25-11-5-9-20(25)21-10-6-16-27-21)22(26)24-14-12-23(13-15-24)17-19-7-3-2-4-8-19/h2-4,6-8,10,16,18,20H,5,9,11-15,17H2,1H3. The summed E-state index contributed by atoms with van der Waals surface area (Å²) in [6.07, 6.45) is 2.36. The molecule has 4 nitrogen and oxygen atoms in total. The largest absolute Gasteiger partial charge is 0.339 e. The van der Waals surface area contributed by atoms with E-state index in [-0.39, 0.29) is 6.04 Å². The van der Waals surface area contributed by atoms with Gasteiger partial charge in [0.1, 0.15) is 0 Å². The second-order valence-electron chi connectivity index (χ2n) is 7.67. The summed E-state index contributed by atoms with van der Waals surface area (Å²) in [6, 6.07) is 15.3. The number of hydrogen-bond donors (Lipinski definition) is 0. The van der Waals surface area contributed by atoms with Gasteiger partial charge in [0.05, 0.1) is 6.04 Å². The molecule has 2 unspecified atom stereocenters. The van der Waals surface area contributed by atoms with Gasteiger partial charge < -0.3 is 4.90 Å². The predicted molar refractivity (Wildman–Crippen MR) is 111 cm³/mol. The molecule has 0 aliphatic carbocycles. The molecule has 2 aromatic rings. The van der Waals surface area contributed by atoms with Crippen molar-refractivity contribution in [1.82, 2.24) is 14.7 Å². The molecule has 0 radical (unpaired) electrons. The zero-order valence-corrected chi connectivity index (χ0v) is 16.9. The van der Waals surface area contributed by atoms with Gasteiger partial charge in [-0.1, -0.05) is 36.4 Å². The second-order valence-corrected chi connectivity index (χ2v) is 8.65. The van der Waals surface area contributed by atoms with Crippen molar-refractivity contribution in [2.75, 3.05) is 32.7 Å². The fraction of sp³-hybridized carbons (Fsp3) is 0.500. The summed E-state index contributed by atoms with van der Waals surface area (Å²) in [7, 11) is 0. The minimum Gasteiger partial charge on any atom is -0.339 e. The summed E-state index contributed by atoms with van der Waals surface area (Å²) in [5, 5.41) is 2.14. The highest BCUT2D eigenvalue weighted by Gasteiger charge is 2.35. The van der Waals surface area contributed by atoms with Crippen LogP contribution >= 0.6 is 11.3 Å². The van der Waals surface area contributed by atoms with Crippen LogP contribution in [-0.4, -0.2) is 59.4 Å². The van der Waals surface area contributed by atoms with Crippen molar-refractivity contribution in [2.24, 2.45) is 0 Å². The molecule has 4 rings (SSSR count). The first-order chi connectivity index (χ1) is 13.2. The first-order valence-electron chi connectivity index (χ1n) is 10.1.